The lowest BCUT2D eigenvalue weighted by Gasteiger charge is -2.62. The van der Waals surface area contributed by atoms with E-state index in [4.69, 9.17) is 14.2 Å². The van der Waals surface area contributed by atoms with Crippen LogP contribution < -0.4 is 10.6 Å². The van der Waals surface area contributed by atoms with Gasteiger partial charge in [0.15, 0.2) is 0 Å². The zero-order valence-electron chi connectivity index (χ0n) is 30.9. The Kier molecular flexibility index (Phi) is 11.6. The molecule has 9 nitrogen and oxygen atoms in total. The van der Waals surface area contributed by atoms with Gasteiger partial charge in [0.25, 0.3) is 0 Å². The van der Waals surface area contributed by atoms with Gasteiger partial charge in [0.2, 0.25) is 0 Å². The maximum atomic E-state index is 13.1. The van der Waals surface area contributed by atoms with Crippen molar-refractivity contribution in [2.75, 3.05) is 19.0 Å². The first kappa shape index (κ1) is 37.2. The summed E-state index contributed by atoms with van der Waals surface area (Å²) in [6.07, 6.45) is 8.38. The highest BCUT2D eigenvalue weighted by Gasteiger charge is 2.63. The van der Waals surface area contributed by atoms with Crippen molar-refractivity contribution in [3.8, 4) is 0 Å². The number of hydrogen-bond donors (Lipinski definition) is 3. The van der Waals surface area contributed by atoms with Crippen molar-refractivity contribution in [1.82, 2.24) is 5.32 Å². The van der Waals surface area contributed by atoms with E-state index >= 15 is 0 Å². The summed E-state index contributed by atoms with van der Waals surface area (Å²) in [5.74, 6) is 2.57. The Morgan fingerprint density at radius 2 is 1.65 bits per heavy atom. The fourth-order valence-electron chi connectivity index (χ4n) is 11.2. The van der Waals surface area contributed by atoms with Crippen LogP contribution >= 0.6 is 0 Å². The summed E-state index contributed by atoms with van der Waals surface area (Å²) in [6, 6.07) is 18.2. The zero-order valence-corrected chi connectivity index (χ0v) is 30.9. The number of rotatable bonds is 11. The molecule has 0 spiro atoms. The summed E-state index contributed by atoms with van der Waals surface area (Å²) in [7, 11) is 1.45. The topological polar surface area (TPSA) is 123 Å². The normalized spacial score (nSPS) is 33.7. The van der Waals surface area contributed by atoms with Crippen LogP contribution in [-0.2, 0) is 25.4 Å². The Hall–Kier alpha value is -3.59. The molecule has 0 radical (unpaired) electrons. The quantitative estimate of drug-likeness (QED) is 0.202. The molecule has 4 aliphatic rings. The molecule has 4 aliphatic carbocycles. The van der Waals surface area contributed by atoms with Gasteiger partial charge in [0, 0.05) is 12.1 Å². The minimum absolute atomic E-state index is 0.00605. The summed E-state index contributed by atoms with van der Waals surface area (Å²) in [4.78, 5) is 37.8. The molecule has 2 aromatic carbocycles. The summed E-state index contributed by atoms with van der Waals surface area (Å²) in [5, 5.41) is 17.7. The first-order chi connectivity index (χ1) is 24.5. The van der Waals surface area contributed by atoms with Crippen LogP contribution in [0.4, 0.5) is 15.3 Å². The lowest BCUT2D eigenvalue weighted by Crippen LogP contribution is -2.59. The van der Waals surface area contributed by atoms with Gasteiger partial charge in [-0.15, -0.1) is 0 Å². The van der Waals surface area contributed by atoms with Gasteiger partial charge in [0.1, 0.15) is 12.7 Å². The molecule has 0 saturated heterocycles. The van der Waals surface area contributed by atoms with Gasteiger partial charge >= 0.3 is 18.2 Å². The number of benzene rings is 2. The number of fused-ring (bicyclic) bond motifs is 5. The van der Waals surface area contributed by atoms with Crippen molar-refractivity contribution in [2.45, 2.75) is 110 Å². The second-order valence-corrected chi connectivity index (χ2v) is 16.5. The maximum absolute atomic E-state index is 13.1. The summed E-state index contributed by atoms with van der Waals surface area (Å²) in [6.45, 7) is 7.02. The number of methoxy groups -OCH3 is 1. The molecular formula is C42H58N2O7. The Morgan fingerprint density at radius 1 is 0.922 bits per heavy atom. The highest BCUT2D eigenvalue weighted by Crippen LogP contribution is 2.68. The number of aliphatic hydroxyl groups excluding tert-OH is 1. The largest absolute Gasteiger partial charge is 0.508 e. The van der Waals surface area contributed by atoms with Crippen molar-refractivity contribution in [1.29, 1.82) is 0 Å². The molecule has 0 aliphatic heterocycles. The Balaban J connectivity index is 1.03. The van der Waals surface area contributed by atoms with E-state index in [2.05, 4.69) is 31.4 Å². The van der Waals surface area contributed by atoms with E-state index in [1.807, 2.05) is 60.7 Å². The third-order valence-electron chi connectivity index (χ3n) is 13.9. The second kappa shape index (κ2) is 16.0. The van der Waals surface area contributed by atoms with Gasteiger partial charge in [-0.05, 0) is 128 Å². The standard InChI is InChI=1S/C42H58N2O7/c1-27(15-20-38(46)49-4)34-18-19-35-33-17-16-29-24-32(21-22-41(29,2)36(33)25-37(45)42(34,35)3)51-40(48)50-26-31(23-28-11-7-5-8-12-28)44-39(47)43-30-13-9-6-10-14-30/h5-14,27,29,31-37,45H,15-26H2,1-4H3,(H2,43,44,47)/t27-,29+,31+,32+,33+,34-,35+,36+,37-,41+,42-/m1/s1. The number of aliphatic hydroxyl groups is 1. The highest BCUT2D eigenvalue weighted by atomic mass is 16.7. The molecular weight excluding hydrogens is 644 g/mol. The number of anilines is 1. The third kappa shape index (κ3) is 8.08. The number of para-hydroxylation sites is 1. The van der Waals surface area contributed by atoms with Gasteiger partial charge in [-0.25, -0.2) is 9.59 Å². The molecule has 4 fully saturated rings. The lowest BCUT2D eigenvalue weighted by molar-refractivity contribution is -0.176. The van der Waals surface area contributed by atoms with Crippen LogP contribution in [0.3, 0.4) is 0 Å². The van der Waals surface area contributed by atoms with Crippen LogP contribution in [0.25, 0.3) is 0 Å². The molecule has 6 rings (SSSR count). The van der Waals surface area contributed by atoms with Crippen molar-refractivity contribution in [2.24, 2.45) is 46.3 Å². The number of hydrogen-bond acceptors (Lipinski definition) is 7. The monoisotopic (exact) mass is 702 g/mol. The predicted octanol–water partition coefficient (Wildman–Crippen LogP) is 8.16. The number of carbonyl (C=O) groups excluding carboxylic acids is 3. The van der Waals surface area contributed by atoms with E-state index in [0.29, 0.717) is 54.0 Å². The van der Waals surface area contributed by atoms with Crippen LogP contribution in [-0.4, -0.2) is 55.2 Å². The molecule has 51 heavy (non-hydrogen) atoms. The van der Waals surface area contributed by atoms with Crippen molar-refractivity contribution in [3.05, 3.63) is 66.2 Å². The molecule has 278 valence electrons. The van der Waals surface area contributed by atoms with E-state index in [-0.39, 0.29) is 41.6 Å². The summed E-state index contributed by atoms with van der Waals surface area (Å²) >= 11 is 0. The van der Waals surface area contributed by atoms with Gasteiger partial charge in [-0.2, -0.15) is 0 Å². The fourth-order valence-corrected chi connectivity index (χ4v) is 11.2. The van der Waals surface area contributed by atoms with E-state index in [1.54, 1.807) is 0 Å². The number of carbonyl (C=O) groups is 3. The second-order valence-electron chi connectivity index (χ2n) is 16.5. The van der Waals surface area contributed by atoms with Crippen LogP contribution in [0.2, 0.25) is 0 Å². The average Bonchev–Trinajstić information content (AvgIpc) is 3.49. The van der Waals surface area contributed by atoms with Crippen molar-refractivity contribution < 1.29 is 33.7 Å². The minimum Gasteiger partial charge on any atom is -0.469 e. The zero-order chi connectivity index (χ0) is 36.2. The lowest BCUT2D eigenvalue weighted by atomic mass is 9.43. The van der Waals surface area contributed by atoms with Crippen LogP contribution in [0.1, 0.15) is 90.5 Å². The highest BCUT2D eigenvalue weighted by molar-refractivity contribution is 5.89. The molecule has 0 bridgehead atoms. The molecule has 2 aromatic rings. The van der Waals surface area contributed by atoms with Crippen LogP contribution in [0.5, 0.6) is 0 Å². The first-order valence-electron chi connectivity index (χ1n) is 19.3. The Labute approximate surface area is 303 Å². The van der Waals surface area contributed by atoms with Gasteiger partial charge in [-0.1, -0.05) is 69.3 Å². The van der Waals surface area contributed by atoms with E-state index < -0.39 is 12.2 Å². The smallest absolute Gasteiger partial charge is 0.469 e. The molecule has 4 saturated carbocycles. The van der Waals surface area contributed by atoms with Gasteiger partial charge in [-0.3, -0.25) is 4.79 Å². The fraction of sp³-hybridized carbons (Fsp3) is 0.643. The number of ether oxygens (including phenoxy) is 3. The molecule has 9 heteroatoms. The third-order valence-corrected chi connectivity index (χ3v) is 13.9. The first-order valence-corrected chi connectivity index (χ1v) is 19.3. The van der Waals surface area contributed by atoms with Crippen LogP contribution in [0, 0.1) is 46.3 Å². The molecule has 0 aromatic heterocycles. The molecule has 0 heterocycles. The van der Waals surface area contributed by atoms with Gasteiger partial charge in [0.05, 0.1) is 19.3 Å². The summed E-state index contributed by atoms with van der Waals surface area (Å²) in [5.41, 5.74) is 1.68. The number of urea groups is 1. The van der Waals surface area contributed by atoms with Crippen molar-refractivity contribution >= 4 is 23.8 Å². The van der Waals surface area contributed by atoms with E-state index in [1.165, 1.54) is 7.11 Å². The Bertz CT molecular complexity index is 1490. The molecule has 3 N–H and O–H groups in total. The van der Waals surface area contributed by atoms with Crippen LogP contribution in [0.15, 0.2) is 60.7 Å². The predicted molar refractivity (Wildman–Crippen MR) is 196 cm³/mol. The van der Waals surface area contributed by atoms with Gasteiger partial charge < -0.3 is 30.0 Å². The maximum Gasteiger partial charge on any atom is 0.508 e. The minimum atomic E-state index is -0.692. The van der Waals surface area contributed by atoms with E-state index in [0.717, 1.165) is 63.4 Å². The van der Waals surface area contributed by atoms with E-state index in [9.17, 15) is 19.5 Å². The molecule has 11 atom stereocenters. The number of amides is 2. The summed E-state index contributed by atoms with van der Waals surface area (Å²) < 4.78 is 16.5. The SMILES string of the molecule is COC(=O)CC[C@@H](C)[C@H]1CC[C@H]2[C@@H]3CC[C@H]4C[C@@H](OC(=O)OC[C@H](Cc5ccccc5)NC(=O)Nc5ccccc5)CC[C@]4(C)[C@H]3C[C@@H](O)[C@]12C. The number of esters is 1. The Morgan fingerprint density at radius 3 is 2.37 bits per heavy atom. The number of nitrogens with one attached hydrogen (secondary N) is 2. The molecule has 2 amide bonds. The average molecular weight is 703 g/mol. The van der Waals surface area contributed by atoms with Crippen molar-refractivity contribution in [3.63, 3.8) is 0 Å². The molecule has 0 unspecified atom stereocenters.